The van der Waals surface area contributed by atoms with E-state index in [9.17, 15) is 0 Å². The highest BCUT2D eigenvalue weighted by Crippen LogP contribution is 2.55. The summed E-state index contributed by atoms with van der Waals surface area (Å²) in [7, 11) is -1.72. The van der Waals surface area contributed by atoms with Gasteiger partial charge in [-0.15, -0.1) is 0 Å². The van der Waals surface area contributed by atoms with Crippen molar-refractivity contribution in [3.63, 3.8) is 0 Å². The van der Waals surface area contributed by atoms with E-state index < -0.39 is 7.26 Å². The lowest BCUT2D eigenvalue weighted by molar-refractivity contribution is -0.00000607. The fourth-order valence-corrected chi connectivity index (χ4v) is 8.66. The minimum atomic E-state index is -1.72. The molecule has 0 atom stereocenters. The summed E-state index contributed by atoms with van der Waals surface area (Å²) >= 11 is 3.52. The molecule has 0 heterocycles. The van der Waals surface area contributed by atoms with E-state index in [-0.39, 0.29) is 12.4 Å². The predicted molar refractivity (Wildman–Crippen MR) is 145 cm³/mol. The summed E-state index contributed by atoms with van der Waals surface area (Å²) in [5, 5.41) is 5.53. The van der Waals surface area contributed by atoms with Crippen LogP contribution in [0.1, 0.15) is 44.9 Å². The van der Waals surface area contributed by atoms with Gasteiger partial charge in [0.15, 0.2) is 0 Å². The Bertz CT molecular complexity index is 784. The summed E-state index contributed by atoms with van der Waals surface area (Å²) in [5.41, 5.74) is 0. The number of hydrogen-bond acceptors (Lipinski definition) is 0. The Kier molecular flexibility index (Phi) is 13.0. The second-order valence-corrected chi connectivity index (χ2v) is 12.4. The molecule has 0 unspecified atom stereocenters. The Balaban J connectivity index is 0.00000363. The predicted octanol–water partition coefficient (Wildman–Crippen LogP) is 4.67. The van der Waals surface area contributed by atoms with Gasteiger partial charge in [-0.25, -0.2) is 0 Å². The first-order chi connectivity index (χ1) is 15.4. The van der Waals surface area contributed by atoms with Gasteiger partial charge in [-0.3, -0.25) is 0 Å². The van der Waals surface area contributed by atoms with Crippen molar-refractivity contribution in [2.75, 3.05) is 11.5 Å². The van der Waals surface area contributed by atoms with Gasteiger partial charge in [0.25, 0.3) is 0 Å². The first-order valence-electron chi connectivity index (χ1n) is 11.6. The second-order valence-electron chi connectivity index (χ2n) is 8.07. The van der Waals surface area contributed by atoms with E-state index in [1.165, 1.54) is 60.9 Å². The topological polar surface area (TPSA) is 0 Å². The van der Waals surface area contributed by atoms with Crippen LogP contribution in [-0.2, 0) is 0 Å². The monoisotopic (exact) mass is 528 g/mol. The molecule has 0 bridgehead atoms. The number of alkyl halides is 1. The van der Waals surface area contributed by atoms with E-state index in [2.05, 4.69) is 119 Å². The molecule has 0 aromatic heterocycles. The van der Waals surface area contributed by atoms with Crippen molar-refractivity contribution in [3.05, 3.63) is 103 Å². The average Bonchev–Trinajstić information content (AvgIpc) is 2.84. The lowest BCUT2D eigenvalue weighted by Crippen LogP contribution is -3.00. The third-order valence-electron chi connectivity index (χ3n) is 5.89. The van der Waals surface area contributed by atoms with Crippen molar-refractivity contribution in [1.29, 1.82) is 0 Å². The highest BCUT2D eigenvalue weighted by molar-refractivity contribution is 9.09. The van der Waals surface area contributed by atoms with Gasteiger partial charge in [0.2, 0.25) is 0 Å². The zero-order chi connectivity index (χ0) is 21.6. The molecule has 0 aliphatic heterocycles. The summed E-state index contributed by atoms with van der Waals surface area (Å²) in [5.74, 6) is 0. The molecule has 170 valence electrons. The summed E-state index contributed by atoms with van der Waals surface area (Å²) in [6.07, 6.45) is 15.2. The minimum Gasteiger partial charge on any atom is -1.00 e. The number of rotatable bonds is 13. The Labute approximate surface area is 210 Å². The van der Waals surface area contributed by atoms with E-state index in [1.807, 2.05) is 0 Å². The van der Waals surface area contributed by atoms with Crippen molar-refractivity contribution < 1.29 is 12.4 Å². The minimum absolute atomic E-state index is 0. The molecule has 3 heteroatoms. The normalized spacial score (nSPS) is 11.4. The first-order valence-corrected chi connectivity index (χ1v) is 14.7. The van der Waals surface area contributed by atoms with Crippen molar-refractivity contribution in [3.8, 4) is 0 Å². The smallest absolute Gasteiger partial charge is 0.115 e. The van der Waals surface area contributed by atoms with Crippen LogP contribution >= 0.6 is 23.2 Å². The maximum atomic E-state index is 3.52. The fraction of sp³-hybridized carbons (Fsp3) is 0.310. The summed E-state index contributed by atoms with van der Waals surface area (Å²) in [4.78, 5) is 0. The van der Waals surface area contributed by atoms with Crippen LogP contribution in [0.2, 0.25) is 0 Å². The van der Waals surface area contributed by atoms with Gasteiger partial charge in [0.05, 0.1) is 6.16 Å². The molecule has 32 heavy (non-hydrogen) atoms. The molecule has 3 rings (SSSR count). The van der Waals surface area contributed by atoms with Gasteiger partial charge >= 0.3 is 0 Å². The Morgan fingerprint density at radius 2 is 0.938 bits per heavy atom. The lowest BCUT2D eigenvalue weighted by Gasteiger charge is -2.26. The maximum Gasteiger partial charge on any atom is 0.115 e. The molecular weight excluding hydrogens is 495 g/mol. The van der Waals surface area contributed by atoms with E-state index >= 15 is 0 Å². The number of hydrogen-bond donors (Lipinski definition) is 0. The van der Waals surface area contributed by atoms with Gasteiger partial charge in [-0.1, -0.05) is 108 Å². The molecule has 3 aromatic carbocycles. The largest absolute Gasteiger partial charge is 1.00 e. The van der Waals surface area contributed by atoms with Crippen molar-refractivity contribution in [2.45, 2.75) is 44.9 Å². The van der Waals surface area contributed by atoms with Gasteiger partial charge < -0.3 is 12.4 Å². The number of allylic oxidation sites excluding steroid dienone is 2. The Hall–Kier alpha value is -1.40. The van der Waals surface area contributed by atoms with Crippen LogP contribution in [0, 0.1) is 0 Å². The number of unbranched alkanes of at least 4 members (excludes halogenated alkanes) is 6. The fourth-order valence-electron chi connectivity index (χ4n) is 4.23. The van der Waals surface area contributed by atoms with E-state index in [4.69, 9.17) is 0 Å². The van der Waals surface area contributed by atoms with Crippen molar-refractivity contribution in [1.82, 2.24) is 0 Å². The lowest BCUT2D eigenvalue weighted by atomic mass is 10.1. The molecular formula is C29H35BrClP. The molecule has 0 aliphatic rings. The molecule has 0 saturated heterocycles. The quantitative estimate of drug-likeness (QED) is 0.131. The van der Waals surface area contributed by atoms with Crippen LogP contribution < -0.4 is 28.3 Å². The molecule has 0 N–H and O–H groups in total. The van der Waals surface area contributed by atoms with Crippen molar-refractivity contribution >= 4 is 39.1 Å². The zero-order valence-electron chi connectivity index (χ0n) is 18.9. The third kappa shape index (κ3) is 7.58. The highest BCUT2D eigenvalue weighted by Gasteiger charge is 2.43. The summed E-state index contributed by atoms with van der Waals surface area (Å²) in [6.45, 7) is 0. The van der Waals surface area contributed by atoms with Gasteiger partial charge in [-0.2, -0.15) is 0 Å². The zero-order valence-corrected chi connectivity index (χ0v) is 22.1. The Morgan fingerprint density at radius 1 is 0.531 bits per heavy atom. The number of benzene rings is 3. The molecule has 0 nitrogen and oxygen atoms in total. The van der Waals surface area contributed by atoms with E-state index in [0.29, 0.717) is 0 Å². The molecule has 0 radical (unpaired) electrons. The first kappa shape index (κ1) is 26.8. The van der Waals surface area contributed by atoms with Crippen LogP contribution in [0.25, 0.3) is 0 Å². The summed E-state index contributed by atoms with van der Waals surface area (Å²) in [6, 6.07) is 33.5. The molecule has 3 aromatic rings. The van der Waals surface area contributed by atoms with Gasteiger partial charge in [-0.05, 0) is 55.7 Å². The average molecular weight is 530 g/mol. The van der Waals surface area contributed by atoms with Crippen LogP contribution in [0.4, 0.5) is 0 Å². The van der Waals surface area contributed by atoms with E-state index in [1.54, 1.807) is 0 Å². The molecule has 0 saturated carbocycles. The van der Waals surface area contributed by atoms with Gasteiger partial charge in [0, 0.05) is 5.33 Å². The summed E-state index contributed by atoms with van der Waals surface area (Å²) < 4.78 is 0. The standard InChI is InChI=1S/C29H35BrP.ClH/c30-25-17-6-4-2-1-3-5-7-18-26-31(27-19-11-8-12-20-27,28-21-13-9-14-22-28)29-23-15-10-16-24-29;/h7-16,18-24H,1-6,17,25-26H2;1H/q+1;/p-1. The second kappa shape index (κ2) is 15.4. The van der Waals surface area contributed by atoms with Crippen LogP contribution in [0.5, 0.6) is 0 Å². The van der Waals surface area contributed by atoms with Gasteiger partial charge in [0.1, 0.15) is 23.2 Å². The Morgan fingerprint density at radius 3 is 1.38 bits per heavy atom. The third-order valence-corrected chi connectivity index (χ3v) is 10.7. The van der Waals surface area contributed by atoms with Crippen molar-refractivity contribution in [2.24, 2.45) is 0 Å². The van der Waals surface area contributed by atoms with Crippen LogP contribution in [-0.4, -0.2) is 11.5 Å². The van der Waals surface area contributed by atoms with E-state index in [0.717, 1.165) is 11.5 Å². The highest BCUT2D eigenvalue weighted by atomic mass is 79.9. The van der Waals surface area contributed by atoms with Crippen LogP contribution in [0.15, 0.2) is 103 Å². The number of halogens is 2. The molecule has 0 spiro atoms. The molecule has 0 fully saturated rings. The SMILES string of the molecule is BrCCCCCCCCC=CC[P+](c1ccccc1)(c1ccccc1)c1ccccc1.[Cl-]. The molecule has 0 amide bonds. The van der Waals surface area contributed by atoms with Crippen LogP contribution in [0.3, 0.4) is 0 Å². The maximum absolute atomic E-state index is 3.52. The molecule has 0 aliphatic carbocycles.